The summed E-state index contributed by atoms with van der Waals surface area (Å²) in [6.45, 7) is 4.15. The van der Waals surface area contributed by atoms with Crippen molar-refractivity contribution in [2.45, 2.75) is 20.4 Å². The van der Waals surface area contributed by atoms with Gasteiger partial charge in [0.25, 0.3) is 5.91 Å². The van der Waals surface area contributed by atoms with Crippen molar-refractivity contribution in [2.75, 3.05) is 12.8 Å². The van der Waals surface area contributed by atoms with Crippen LogP contribution in [0.4, 0.5) is 10.1 Å². The smallest absolute Gasteiger partial charge is 0.254 e. The van der Waals surface area contributed by atoms with Gasteiger partial charge in [0.15, 0.2) is 0 Å². The quantitative estimate of drug-likeness (QED) is 0.880. The second kappa shape index (κ2) is 5.95. The fraction of sp³-hybridized carbons (Fsp3) is 0.235. The Morgan fingerprint density at radius 1 is 1.19 bits per heavy atom. The number of carbonyl (C=O) groups is 1. The van der Waals surface area contributed by atoms with Gasteiger partial charge in [-0.2, -0.15) is 0 Å². The van der Waals surface area contributed by atoms with Crippen molar-refractivity contribution in [1.29, 1.82) is 0 Å². The van der Waals surface area contributed by atoms with Gasteiger partial charge < -0.3 is 10.6 Å². The topological polar surface area (TPSA) is 46.3 Å². The summed E-state index contributed by atoms with van der Waals surface area (Å²) in [5, 5.41) is 0. The molecule has 0 aliphatic heterocycles. The number of halogens is 1. The Labute approximate surface area is 124 Å². The zero-order valence-corrected chi connectivity index (χ0v) is 12.5. The maximum atomic E-state index is 13.2. The predicted molar refractivity (Wildman–Crippen MR) is 82.5 cm³/mol. The lowest BCUT2D eigenvalue weighted by Crippen LogP contribution is -2.27. The van der Waals surface area contributed by atoms with E-state index in [0.29, 0.717) is 17.8 Å². The van der Waals surface area contributed by atoms with Crippen molar-refractivity contribution >= 4 is 11.6 Å². The summed E-state index contributed by atoms with van der Waals surface area (Å²) in [5.41, 5.74) is 9.66. The number of nitrogens with zero attached hydrogens (tertiary/aromatic N) is 1. The van der Waals surface area contributed by atoms with Gasteiger partial charge in [0, 0.05) is 24.8 Å². The Balaban J connectivity index is 2.22. The van der Waals surface area contributed by atoms with E-state index >= 15 is 0 Å². The SMILES string of the molecule is Cc1cc(C)c(C(=O)N(C)Cc2cccc(F)c2)cc1N. The van der Waals surface area contributed by atoms with E-state index in [-0.39, 0.29) is 11.7 Å². The molecule has 0 unspecified atom stereocenters. The van der Waals surface area contributed by atoms with Crippen LogP contribution < -0.4 is 5.73 Å². The second-order valence-corrected chi connectivity index (χ2v) is 5.31. The summed E-state index contributed by atoms with van der Waals surface area (Å²) in [6, 6.07) is 9.85. The molecule has 0 heterocycles. The molecule has 110 valence electrons. The molecule has 0 saturated carbocycles. The lowest BCUT2D eigenvalue weighted by Gasteiger charge is -2.19. The van der Waals surface area contributed by atoms with Crippen LogP contribution in [0.5, 0.6) is 0 Å². The molecule has 0 fully saturated rings. The molecule has 0 spiro atoms. The van der Waals surface area contributed by atoms with Crippen LogP contribution in [-0.4, -0.2) is 17.9 Å². The van der Waals surface area contributed by atoms with E-state index < -0.39 is 0 Å². The maximum Gasteiger partial charge on any atom is 0.254 e. The number of carbonyl (C=O) groups excluding carboxylic acids is 1. The number of aryl methyl sites for hydroxylation is 2. The van der Waals surface area contributed by atoms with Crippen molar-refractivity contribution in [1.82, 2.24) is 4.90 Å². The zero-order chi connectivity index (χ0) is 15.6. The van der Waals surface area contributed by atoms with Gasteiger partial charge in [-0.1, -0.05) is 18.2 Å². The number of rotatable bonds is 3. The van der Waals surface area contributed by atoms with Crippen LogP contribution in [-0.2, 0) is 6.54 Å². The molecule has 0 radical (unpaired) electrons. The first-order chi connectivity index (χ1) is 9.88. The van der Waals surface area contributed by atoms with Gasteiger partial charge in [-0.3, -0.25) is 4.79 Å². The van der Waals surface area contributed by atoms with Gasteiger partial charge in [-0.15, -0.1) is 0 Å². The molecule has 3 nitrogen and oxygen atoms in total. The molecular weight excluding hydrogens is 267 g/mol. The van der Waals surface area contributed by atoms with Crippen molar-refractivity contribution in [3.8, 4) is 0 Å². The molecule has 0 saturated heterocycles. The largest absolute Gasteiger partial charge is 0.398 e. The van der Waals surface area contributed by atoms with Crippen molar-refractivity contribution < 1.29 is 9.18 Å². The van der Waals surface area contributed by atoms with Gasteiger partial charge in [0.05, 0.1) is 0 Å². The van der Waals surface area contributed by atoms with Crippen LogP contribution in [0.1, 0.15) is 27.0 Å². The minimum atomic E-state index is -0.302. The lowest BCUT2D eigenvalue weighted by atomic mass is 10.0. The number of benzene rings is 2. The molecule has 2 rings (SSSR count). The third-order valence-corrected chi connectivity index (χ3v) is 3.50. The minimum Gasteiger partial charge on any atom is -0.398 e. The number of nitrogens with two attached hydrogens (primary N) is 1. The van der Waals surface area contributed by atoms with E-state index in [9.17, 15) is 9.18 Å². The molecular formula is C17H19FN2O. The fourth-order valence-corrected chi connectivity index (χ4v) is 2.29. The third-order valence-electron chi connectivity index (χ3n) is 3.50. The lowest BCUT2D eigenvalue weighted by molar-refractivity contribution is 0.0784. The predicted octanol–water partition coefficient (Wildman–Crippen LogP) is 3.30. The van der Waals surface area contributed by atoms with Crippen molar-refractivity contribution in [2.24, 2.45) is 0 Å². The number of hydrogen-bond donors (Lipinski definition) is 1. The van der Waals surface area contributed by atoms with Crippen molar-refractivity contribution in [3.63, 3.8) is 0 Å². The Hall–Kier alpha value is -2.36. The van der Waals surface area contributed by atoms with E-state index in [2.05, 4.69) is 0 Å². The van der Waals surface area contributed by atoms with Crippen molar-refractivity contribution in [3.05, 3.63) is 64.5 Å². The molecule has 2 N–H and O–H groups in total. The van der Waals surface area contributed by atoms with Crippen LogP contribution in [0.3, 0.4) is 0 Å². The summed E-state index contributed by atoms with van der Waals surface area (Å²) in [5.74, 6) is -0.424. The molecule has 4 heteroatoms. The molecule has 0 aliphatic rings. The van der Waals surface area contributed by atoms with Crippen LogP contribution >= 0.6 is 0 Å². The summed E-state index contributed by atoms with van der Waals surface area (Å²) in [7, 11) is 1.70. The first kappa shape index (κ1) is 15.0. The number of hydrogen-bond acceptors (Lipinski definition) is 2. The van der Waals surface area contributed by atoms with Crippen LogP contribution in [0.15, 0.2) is 36.4 Å². The van der Waals surface area contributed by atoms with Gasteiger partial charge in [0.2, 0.25) is 0 Å². The van der Waals surface area contributed by atoms with E-state index in [0.717, 1.165) is 16.7 Å². The zero-order valence-electron chi connectivity index (χ0n) is 12.5. The van der Waals surface area contributed by atoms with Gasteiger partial charge in [0.1, 0.15) is 5.82 Å². The van der Waals surface area contributed by atoms with Crippen LogP contribution in [0.25, 0.3) is 0 Å². The second-order valence-electron chi connectivity index (χ2n) is 5.31. The molecule has 0 aliphatic carbocycles. The normalized spacial score (nSPS) is 10.5. The van der Waals surface area contributed by atoms with Gasteiger partial charge in [-0.25, -0.2) is 4.39 Å². The third kappa shape index (κ3) is 3.40. The number of amides is 1. The first-order valence-corrected chi connectivity index (χ1v) is 6.75. The summed E-state index contributed by atoms with van der Waals surface area (Å²) in [6.07, 6.45) is 0. The molecule has 1 amide bonds. The summed E-state index contributed by atoms with van der Waals surface area (Å²) < 4.78 is 13.2. The average molecular weight is 286 g/mol. The molecule has 2 aromatic carbocycles. The highest BCUT2D eigenvalue weighted by Crippen LogP contribution is 2.20. The summed E-state index contributed by atoms with van der Waals surface area (Å²) in [4.78, 5) is 14.1. The molecule has 0 bridgehead atoms. The fourth-order valence-electron chi connectivity index (χ4n) is 2.29. The monoisotopic (exact) mass is 286 g/mol. The highest BCUT2D eigenvalue weighted by molar-refractivity contribution is 5.96. The van der Waals surface area contributed by atoms with E-state index in [1.807, 2.05) is 19.9 Å². The molecule has 0 aromatic heterocycles. The molecule has 21 heavy (non-hydrogen) atoms. The van der Waals surface area contributed by atoms with Gasteiger partial charge >= 0.3 is 0 Å². The van der Waals surface area contributed by atoms with Crippen LogP contribution in [0.2, 0.25) is 0 Å². The Morgan fingerprint density at radius 2 is 1.90 bits per heavy atom. The Morgan fingerprint density at radius 3 is 2.57 bits per heavy atom. The van der Waals surface area contributed by atoms with Crippen LogP contribution in [0, 0.1) is 19.7 Å². The van der Waals surface area contributed by atoms with E-state index in [1.54, 1.807) is 30.1 Å². The van der Waals surface area contributed by atoms with E-state index in [4.69, 9.17) is 5.73 Å². The highest BCUT2D eigenvalue weighted by atomic mass is 19.1. The number of nitrogen functional groups attached to an aromatic ring is 1. The maximum absolute atomic E-state index is 13.2. The average Bonchev–Trinajstić information content (AvgIpc) is 2.42. The molecule has 0 atom stereocenters. The number of anilines is 1. The molecule has 2 aromatic rings. The Bertz CT molecular complexity index is 682. The Kier molecular flexibility index (Phi) is 4.26. The summed E-state index contributed by atoms with van der Waals surface area (Å²) >= 11 is 0. The minimum absolute atomic E-state index is 0.122. The highest BCUT2D eigenvalue weighted by Gasteiger charge is 2.15. The van der Waals surface area contributed by atoms with E-state index in [1.165, 1.54) is 12.1 Å². The van der Waals surface area contributed by atoms with Gasteiger partial charge in [-0.05, 0) is 48.7 Å². The standard InChI is InChI=1S/C17H19FN2O/c1-11-7-12(2)16(19)9-15(11)17(21)20(3)10-13-5-4-6-14(18)8-13/h4-9H,10,19H2,1-3H3. The first-order valence-electron chi connectivity index (χ1n) is 6.75.